The van der Waals surface area contributed by atoms with Crippen molar-refractivity contribution < 1.29 is 55.7 Å². The number of pyridine rings is 1. The van der Waals surface area contributed by atoms with E-state index >= 15 is 4.39 Å². The van der Waals surface area contributed by atoms with Crippen LogP contribution in [-0.2, 0) is 40.8 Å². The van der Waals surface area contributed by atoms with Crippen molar-refractivity contribution in [3.8, 4) is 5.88 Å². The van der Waals surface area contributed by atoms with Crippen molar-refractivity contribution in [3.05, 3.63) is 52.9 Å². The fourth-order valence-corrected chi connectivity index (χ4v) is 7.63. The zero-order valence-corrected chi connectivity index (χ0v) is 36.4. The van der Waals surface area contributed by atoms with E-state index < -0.39 is 65.3 Å². The molecule has 0 unspecified atom stereocenters. The molecule has 61 heavy (non-hydrogen) atoms. The number of hydrogen-bond donors (Lipinski definition) is 0. The van der Waals surface area contributed by atoms with Crippen molar-refractivity contribution in [2.75, 3.05) is 37.7 Å². The number of amides is 1. The topological polar surface area (TPSA) is 156 Å². The summed E-state index contributed by atoms with van der Waals surface area (Å²) < 4.78 is 80.3. The van der Waals surface area contributed by atoms with E-state index in [1.54, 1.807) is 65.5 Å². The Morgan fingerprint density at radius 3 is 2.44 bits per heavy atom. The van der Waals surface area contributed by atoms with E-state index in [1.165, 1.54) is 24.1 Å². The van der Waals surface area contributed by atoms with Gasteiger partial charge in [-0.25, -0.2) is 33.7 Å². The summed E-state index contributed by atoms with van der Waals surface area (Å²) in [5.41, 5.74) is -2.26. The molecule has 0 saturated carbocycles. The minimum atomic E-state index is -3.66. The molecule has 4 atom stereocenters. The van der Waals surface area contributed by atoms with Gasteiger partial charge in [0.1, 0.15) is 46.7 Å². The number of carbonyl (C=O) groups excluding carboxylic acids is 3. The van der Waals surface area contributed by atoms with E-state index in [2.05, 4.69) is 9.72 Å². The molecule has 4 aromatic rings. The number of aromatic nitrogens is 3. The Bertz CT molecular complexity index is 2250. The van der Waals surface area contributed by atoms with Crippen LogP contribution in [0.3, 0.4) is 0 Å². The van der Waals surface area contributed by atoms with Crippen LogP contribution >= 0.6 is 11.6 Å². The second-order valence-corrected chi connectivity index (χ2v) is 17.9. The fraction of sp³-hybridized carbons (Fsp3) is 0.581. The monoisotopic (exact) mass is 875 g/mol. The molecular weight excluding hydrogens is 823 g/mol. The van der Waals surface area contributed by atoms with Gasteiger partial charge in [0.25, 0.3) is 0 Å². The predicted octanol–water partition coefficient (Wildman–Crippen LogP) is 8.73. The number of furan rings is 1. The second-order valence-electron chi connectivity index (χ2n) is 17.4. The Hall–Kier alpha value is -4.90. The maximum Gasteiger partial charge on any atom is 0.410 e. The molecular formula is C43H53ClF3N5O9. The highest BCUT2D eigenvalue weighted by molar-refractivity contribution is 6.30. The number of likely N-dealkylation sites (tertiary alicyclic amines) is 1. The van der Waals surface area contributed by atoms with Crippen LogP contribution in [0.5, 0.6) is 5.88 Å². The molecule has 18 heteroatoms. The lowest BCUT2D eigenvalue weighted by Crippen LogP contribution is -2.50. The lowest BCUT2D eigenvalue weighted by Gasteiger charge is -2.42. The van der Waals surface area contributed by atoms with E-state index in [0.29, 0.717) is 16.5 Å². The number of nitrogens with zero attached hydrogens (tertiary/aromatic N) is 5. The van der Waals surface area contributed by atoms with Crippen LogP contribution in [0.15, 0.2) is 40.9 Å². The highest BCUT2D eigenvalue weighted by atomic mass is 35.5. The second kappa shape index (κ2) is 17.8. The number of halogens is 4. The number of para-hydroxylation sites is 1. The summed E-state index contributed by atoms with van der Waals surface area (Å²) in [6.45, 7) is 13.4. The number of alkyl halides is 3. The highest BCUT2D eigenvalue weighted by Crippen LogP contribution is 2.46. The van der Waals surface area contributed by atoms with Crippen molar-refractivity contribution in [1.29, 1.82) is 0 Å². The number of ether oxygens (including phenoxy) is 5. The van der Waals surface area contributed by atoms with E-state index in [0.717, 1.165) is 0 Å². The van der Waals surface area contributed by atoms with Gasteiger partial charge in [0.15, 0.2) is 17.2 Å². The van der Waals surface area contributed by atoms with Crippen LogP contribution in [0.2, 0.25) is 5.02 Å². The van der Waals surface area contributed by atoms with Crippen molar-refractivity contribution >= 4 is 57.5 Å². The van der Waals surface area contributed by atoms with E-state index in [-0.39, 0.29) is 92.4 Å². The van der Waals surface area contributed by atoms with Gasteiger partial charge in [0, 0.05) is 56.5 Å². The summed E-state index contributed by atoms with van der Waals surface area (Å²) in [6, 6.07) is 7.71. The third-order valence-electron chi connectivity index (χ3n) is 10.3. The number of carbonyl (C=O) groups is 3. The number of anilines is 1. The summed E-state index contributed by atoms with van der Waals surface area (Å²) in [7, 11) is 0. The van der Waals surface area contributed by atoms with Crippen molar-refractivity contribution in [3.63, 3.8) is 0 Å². The molecule has 332 valence electrons. The molecule has 0 N–H and O–H groups in total. The van der Waals surface area contributed by atoms with Gasteiger partial charge in [-0.05, 0) is 73.1 Å². The molecule has 1 aromatic carbocycles. The molecule has 2 aliphatic rings. The van der Waals surface area contributed by atoms with E-state index in [4.69, 9.17) is 44.9 Å². The first-order valence-corrected chi connectivity index (χ1v) is 20.8. The largest absolute Gasteiger partial charge is 0.472 e. The maximum atomic E-state index is 17.4. The first kappa shape index (κ1) is 45.6. The average Bonchev–Trinajstić information content (AvgIpc) is 3.77. The SMILES string of the molecule is CCOC(=O)C(F)(F)CCCOCc1nc(N2C[C@@H](Oc3ncc(Cl)cc3[C@@]3(F)CCN(C(=O)OC(C)(C)C)C[C@@H]3C)C[C@H]2C(=O)OC(C)(C)C)c2oc3ccccc3c2n1. The minimum Gasteiger partial charge on any atom is -0.472 e. The zero-order valence-electron chi connectivity index (χ0n) is 35.7. The molecule has 0 spiro atoms. The number of piperidine rings is 1. The zero-order chi connectivity index (χ0) is 44.5. The van der Waals surface area contributed by atoms with Gasteiger partial charge >= 0.3 is 24.0 Å². The molecule has 0 radical (unpaired) electrons. The molecule has 1 amide bonds. The van der Waals surface area contributed by atoms with E-state index in [9.17, 15) is 23.2 Å². The molecule has 0 bridgehead atoms. The summed E-state index contributed by atoms with van der Waals surface area (Å²) in [4.78, 5) is 55.7. The van der Waals surface area contributed by atoms with Crippen LogP contribution in [0.25, 0.3) is 22.1 Å². The third kappa shape index (κ3) is 10.6. The summed E-state index contributed by atoms with van der Waals surface area (Å²) in [6.07, 6.45) is -0.861. The molecule has 6 rings (SSSR count). The Morgan fingerprint density at radius 1 is 1.03 bits per heavy atom. The number of rotatable bonds is 13. The molecule has 14 nitrogen and oxygen atoms in total. The number of esters is 2. The minimum absolute atomic E-state index is 0.0153. The van der Waals surface area contributed by atoms with Gasteiger partial charge in [-0.1, -0.05) is 30.7 Å². The van der Waals surface area contributed by atoms with Gasteiger partial charge in [-0.2, -0.15) is 8.78 Å². The fourth-order valence-electron chi connectivity index (χ4n) is 7.47. The normalized spacial score (nSPS) is 21.2. The molecule has 3 aromatic heterocycles. The van der Waals surface area contributed by atoms with Gasteiger partial charge in [0.2, 0.25) is 5.88 Å². The first-order valence-electron chi connectivity index (χ1n) is 20.4. The molecule has 0 aliphatic carbocycles. The van der Waals surface area contributed by atoms with Crippen LogP contribution in [0.1, 0.15) is 92.5 Å². The Labute approximate surface area is 357 Å². The van der Waals surface area contributed by atoms with Crippen LogP contribution in [-0.4, -0.2) is 100 Å². The smallest absolute Gasteiger partial charge is 0.410 e. The Balaban J connectivity index is 1.30. The van der Waals surface area contributed by atoms with E-state index in [1.807, 2.05) is 12.1 Å². The number of fused-ring (bicyclic) bond motifs is 3. The van der Waals surface area contributed by atoms with Crippen LogP contribution in [0.4, 0.5) is 23.8 Å². The highest BCUT2D eigenvalue weighted by Gasteiger charge is 2.48. The third-order valence-corrected chi connectivity index (χ3v) is 10.5. The van der Waals surface area contributed by atoms with Crippen molar-refractivity contribution in [2.24, 2.45) is 5.92 Å². The lowest BCUT2D eigenvalue weighted by atomic mass is 9.79. The van der Waals surface area contributed by atoms with Gasteiger partial charge in [-0.15, -0.1) is 0 Å². The Kier molecular flexibility index (Phi) is 13.3. The van der Waals surface area contributed by atoms with Gasteiger partial charge in [0.05, 0.1) is 23.7 Å². The summed E-state index contributed by atoms with van der Waals surface area (Å²) in [5, 5.41) is 0.851. The standard InChI is InChI=1S/C43H53ClF3N5O9/c1-9-57-38(54)43(46,47)15-12-18-56-24-32-49-33-28-13-10-11-14-31(28)59-34(33)35(50-32)52-23-27(20-30(52)37(53)60-40(3,4)5)58-36-29(19-26(44)21-48-36)42(45)16-17-51(22-25(42)2)39(55)61-41(6,7)8/h10-11,13-14,19,21,25,27,30H,9,12,15-18,20,22-24H2,1-8H3/t25-,27-,30-,42+/m0/s1. The molecule has 2 aliphatic heterocycles. The summed E-state index contributed by atoms with van der Waals surface area (Å²) >= 11 is 6.42. The molecule has 2 saturated heterocycles. The van der Waals surface area contributed by atoms with Crippen molar-refractivity contribution in [1.82, 2.24) is 19.9 Å². The summed E-state index contributed by atoms with van der Waals surface area (Å²) in [5.74, 6) is -6.14. The molecule has 2 fully saturated rings. The number of benzene rings is 1. The van der Waals surface area contributed by atoms with Crippen molar-refractivity contribution in [2.45, 2.75) is 123 Å². The van der Waals surface area contributed by atoms with Gasteiger partial charge in [-0.3, -0.25) is 0 Å². The maximum absolute atomic E-state index is 17.4. The predicted molar refractivity (Wildman–Crippen MR) is 219 cm³/mol. The lowest BCUT2D eigenvalue weighted by molar-refractivity contribution is -0.172. The number of hydrogen-bond acceptors (Lipinski definition) is 13. The quantitative estimate of drug-likeness (QED) is 0.0715. The Morgan fingerprint density at radius 2 is 1.75 bits per heavy atom. The average molecular weight is 876 g/mol. The first-order chi connectivity index (χ1) is 28.6. The van der Waals surface area contributed by atoms with Crippen LogP contribution in [0, 0.1) is 5.92 Å². The van der Waals surface area contributed by atoms with Gasteiger partial charge < -0.3 is 37.9 Å². The molecule has 5 heterocycles. The van der Waals surface area contributed by atoms with Crippen LogP contribution < -0.4 is 9.64 Å².